The number of phenolic OH excluding ortho intramolecular Hbond substituents is 1. The molecule has 1 heterocycles. The van der Waals surface area contributed by atoms with E-state index in [1.165, 1.54) is 6.42 Å². The second kappa shape index (κ2) is 8.35. The molecule has 4 rings (SSSR count). The third-order valence-electron chi connectivity index (χ3n) is 5.41. The first kappa shape index (κ1) is 19.0. The van der Waals surface area contributed by atoms with Crippen LogP contribution in [0.5, 0.6) is 5.75 Å². The Morgan fingerprint density at radius 3 is 2.24 bits per heavy atom. The molecule has 0 aliphatic carbocycles. The SMILES string of the molecule is O=C(NCc1ccc(C(=O)N2CCCCC2)cc1)c1cc2ccccc2cc1O. The van der Waals surface area contributed by atoms with Crippen molar-refractivity contribution in [1.82, 2.24) is 10.2 Å². The van der Waals surface area contributed by atoms with Crippen LogP contribution in [0.1, 0.15) is 45.5 Å². The fourth-order valence-electron chi connectivity index (χ4n) is 3.73. The number of hydrogen-bond acceptors (Lipinski definition) is 3. The number of carbonyl (C=O) groups is 2. The Morgan fingerprint density at radius 1 is 0.897 bits per heavy atom. The first-order valence-corrected chi connectivity index (χ1v) is 10.00. The fourth-order valence-corrected chi connectivity index (χ4v) is 3.73. The van der Waals surface area contributed by atoms with Crippen LogP contribution in [0.15, 0.2) is 60.7 Å². The van der Waals surface area contributed by atoms with Gasteiger partial charge in [0.15, 0.2) is 0 Å². The highest BCUT2D eigenvalue weighted by Gasteiger charge is 2.18. The van der Waals surface area contributed by atoms with E-state index in [9.17, 15) is 14.7 Å². The zero-order chi connectivity index (χ0) is 20.2. The van der Waals surface area contributed by atoms with Gasteiger partial charge in [-0.05, 0) is 59.9 Å². The zero-order valence-electron chi connectivity index (χ0n) is 16.2. The predicted octanol–water partition coefficient (Wildman–Crippen LogP) is 4.10. The molecule has 0 bridgehead atoms. The van der Waals surface area contributed by atoms with Crippen molar-refractivity contribution in [3.8, 4) is 5.75 Å². The summed E-state index contributed by atoms with van der Waals surface area (Å²) in [6, 6.07) is 18.2. The summed E-state index contributed by atoms with van der Waals surface area (Å²) in [5.74, 6) is -0.299. The van der Waals surface area contributed by atoms with Gasteiger partial charge in [0.05, 0.1) is 5.56 Å². The number of nitrogens with zero attached hydrogens (tertiary/aromatic N) is 1. The Balaban J connectivity index is 1.40. The van der Waals surface area contributed by atoms with Crippen LogP contribution in [0.4, 0.5) is 0 Å². The molecule has 0 atom stereocenters. The van der Waals surface area contributed by atoms with Gasteiger partial charge in [0.2, 0.25) is 0 Å². The summed E-state index contributed by atoms with van der Waals surface area (Å²) >= 11 is 0. The van der Waals surface area contributed by atoms with E-state index >= 15 is 0 Å². The molecular formula is C24H24N2O3. The number of carbonyl (C=O) groups excluding carboxylic acids is 2. The van der Waals surface area contributed by atoms with Gasteiger partial charge >= 0.3 is 0 Å². The highest BCUT2D eigenvalue weighted by molar-refractivity contribution is 6.01. The number of aromatic hydroxyl groups is 1. The number of hydrogen-bond donors (Lipinski definition) is 2. The third kappa shape index (κ3) is 4.24. The third-order valence-corrected chi connectivity index (χ3v) is 5.41. The summed E-state index contributed by atoms with van der Waals surface area (Å²) in [6.45, 7) is 1.97. The largest absolute Gasteiger partial charge is 0.507 e. The normalized spacial score (nSPS) is 14.0. The molecule has 0 spiro atoms. The molecule has 1 aliphatic heterocycles. The zero-order valence-corrected chi connectivity index (χ0v) is 16.2. The number of piperidine rings is 1. The van der Waals surface area contributed by atoms with E-state index < -0.39 is 0 Å². The molecule has 1 fully saturated rings. The smallest absolute Gasteiger partial charge is 0.255 e. The molecule has 0 saturated carbocycles. The van der Waals surface area contributed by atoms with Crippen LogP contribution in [0.3, 0.4) is 0 Å². The van der Waals surface area contributed by atoms with E-state index in [4.69, 9.17) is 0 Å². The van der Waals surface area contributed by atoms with Crippen molar-refractivity contribution >= 4 is 22.6 Å². The number of benzene rings is 3. The van der Waals surface area contributed by atoms with E-state index in [0.717, 1.165) is 42.3 Å². The summed E-state index contributed by atoms with van der Waals surface area (Å²) in [5, 5.41) is 14.8. The maximum atomic E-state index is 12.5. The minimum Gasteiger partial charge on any atom is -0.507 e. The minimum absolute atomic E-state index is 0.0383. The van der Waals surface area contributed by atoms with Crippen molar-refractivity contribution in [3.63, 3.8) is 0 Å². The van der Waals surface area contributed by atoms with E-state index in [1.807, 2.05) is 53.4 Å². The monoisotopic (exact) mass is 388 g/mol. The maximum Gasteiger partial charge on any atom is 0.255 e. The average molecular weight is 388 g/mol. The quantitative estimate of drug-likeness (QED) is 0.707. The molecule has 1 aliphatic rings. The molecular weight excluding hydrogens is 364 g/mol. The van der Waals surface area contributed by atoms with Crippen molar-refractivity contribution in [1.29, 1.82) is 0 Å². The van der Waals surface area contributed by atoms with Crippen LogP contribution in [-0.4, -0.2) is 34.9 Å². The molecule has 2 amide bonds. The number of phenols is 1. The van der Waals surface area contributed by atoms with Gasteiger partial charge in [-0.3, -0.25) is 9.59 Å². The molecule has 0 aromatic heterocycles. The Kier molecular flexibility index (Phi) is 5.47. The Labute approximate surface area is 170 Å². The van der Waals surface area contributed by atoms with E-state index in [0.29, 0.717) is 12.1 Å². The molecule has 29 heavy (non-hydrogen) atoms. The van der Waals surface area contributed by atoms with Gasteiger partial charge in [-0.25, -0.2) is 0 Å². The second-order valence-corrected chi connectivity index (χ2v) is 7.45. The van der Waals surface area contributed by atoms with Gasteiger partial charge in [-0.15, -0.1) is 0 Å². The standard InChI is InChI=1S/C24H24N2O3/c27-22-15-20-7-3-2-6-19(20)14-21(22)23(28)25-16-17-8-10-18(11-9-17)24(29)26-12-4-1-5-13-26/h2-3,6-11,14-15,27H,1,4-5,12-13,16H2,(H,25,28). The molecule has 5 nitrogen and oxygen atoms in total. The van der Waals surface area contributed by atoms with Crippen molar-refractivity contribution in [2.45, 2.75) is 25.8 Å². The van der Waals surface area contributed by atoms with Gasteiger partial charge in [0, 0.05) is 25.2 Å². The summed E-state index contributed by atoms with van der Waals surface area (Å²) in [5.41, 5.74) is 1.82. The van der Waals surface area contributed by atoms with Crippen LogP contribution in [0.25, 0.3) is 10.8 Å². The molecule has 3 aromatic carbocycles. The molecule has 148 valence electrons. The summed E-state index contributed by atoms with van der Waals surface area (Å²) < 4.78 is 0. The lowest BCUT2D eigenvalue weighted by molar-refractivity contribution is 0.0724. The molecule has 0 unspecified atom stereocenters. The first-order chi connectivity index (χ1) is 14.1. The topological polar surface area (TPSA) is 69.6 Å². The predicted molar refractivity (Wildman–Crippen MR) is 113 cm³/mol. The van der Waals surface area contributed by atoms with Crippen LogP contribution in [0.2, 0.25) is 0 Å². The lowest BCUT2D eigenvalue weighted by Gasteiger charge is -2.26. The van der Waals surface area contributed by atoms with E-state index in [2.05, 4.69) is 5.32 Å². The Morgan fingerprint density at radius 2 is 1.55 bits per heavy atom. The van der Waals surface area contributed by atoms with E-state index in [1.54, 1.807) is 12.1 Å². The van der Waals surface area contributed by atoms with Crippen LogP contribution in [0, 0.1) is 0 Å². The van der Waals surface area contributed by atoms with Crippen molar-refractivity contribution < 1.29 is 14.7 Å². The molecule has 5 heteroatoms. The minimum atomic E-state index is -0.332. The Hall–Kier alpha value is -3.34. The van der Waals surface area contributed by atoms with Gasteiger partial charge in [-0.1, -0.05) is 36.4 Å². The van der Waals surface area contributed by atoms with Gasteiger partial charge in [0.25, 0.3) is 11.8 Å². The summed E-state index contributed by atoms with van der Waals surface area (Å²) in [6.07, 6.45) is 3.32. The lowest BCUT2D eigenvalue weighted by Crippen LogP contribution is -2.35. The van der Waals surface area contributed by atoms with Crippen LogP contribution < -0.4 is 5.32 Å². The number of nitrogens with one attached hydrogen (secondary N) is 1. The average Bonchev–Trinajstić information content (AvgIpc) is 2.77. The van der Waals surface area contributed by atoms with E-state index in [-0.39, 0.29) is 23.1 Å². The number of amides is 2. The number of likely N-dealkylation sites (tertiary alicyclic amines) is 1. The van der Waals surface area contributed by atoms with Crippen LogP contribution >= 0.6 is 0 Å². The first-order valence-electron chi connectivity index (χ1n) is 10.00. The van der Waals surface area contributed by atoms with Gasteiger partial charge in [-0.2, -0.15) is 0 Å². The number of rotatable bonds is 4. The fraction of sp³-hybridized carbons (Fsp3) is 0.250. The van der Waals surface area contributed by atoms with Gasteiger partial charge in [0.1, 0.15) is 5.75 Å². The van der Waals surface area contributed by atoms with Crippen LogP contribution in [-0.2, 0) is 6.54 Å². The second-order valence-electron chi connectivity index (χ2n) is 7.45. The van der Waals surface area contributed by atoms with Gasteiger partial charge < -0.3 is 15.3 Å². The summed E-state index contributed by atoms with van der Waals surface area (Å²) in [7, 11) is 0. The highest BCUT2D eigenvalue weighted by Crippen LogP contribution is 2.25. The van der Waals surface area contributed by atoms with Crippen molar-refractivity contribution in [2.24, 2.45) is 0 Å². The molecule has 1 saturated heterocycles. The Bertz CT molecular complexity index is 1040. The summed E-state index contributed by atoms with van der Waals surface area (Å²) in [4.78, 5) is 27.0. The maximum absolute atomic E-state index is 12.5. The molecule has 3 aromatic rings. The van der Waals surface area contributed by atoms with Crippen molar-refractivity contribution in [2.75, 3.05) is 13.1 Å². The molecule has 2 N–H and O–H groups in total. The highest BCUT2D eigenvalue weighted by atomic mass is 16.3. The lowest BCUT2D eigenvalue weighted by atomic mass is 10.0. The van der Waals surface area contributed by atoms with Crippen molar-refractivity contribution in [3.05, 3.63) is 77.4 Å². The molecule has 0 radical (unpaired) electrons. The number of fused-ring (bicyclic) bond motifs is 1.